The van der Waals surface area contributed by atoms with Crippen LogP contribution in [0.25, 0.3) is 21.9 Å². The number of hydrogen-bond acceptors (Lipinski definition) is 3. The molecule has 5 nitrogen and oxygen atoms in total. The third-order valence-electron chi connectivity index (χ3n) is 4.39. The van der Waals surface area contributed by atoms with Gasteiger partial charge in [-0.05, 0) is 60.7 Å². The number of H-pyrrole nitrogens is 1. The van der Waals surface area contributed by atoms with Gasteiger partial charge in [-0.2, -0.15) is 5.10 Å². The van der Waals surface area contributed by atoms with Crippen molar-refractivity contribution in [3.05, 3.63) is 64.1 Å². The summed E-state index contributed by atoms with van der Waals surface area (Å²) in [6, 6.07) is 11.7. The lowest BCUT2D eigenvalue weighted by Gasteiger charge is -2.10. The molecule has 4 rings (SSSR count). The van der Waals surface area contributed by atoms with Gasteiger partial charge in [0.2, 0.25) is 0 Å². The monoisotopic (exact) mass is 319 g/mol. The van der Waals surface area contributed by atoms with Gasteiger partial charge in [0.05, 0.1) is 11.6 Å². The molecule has 1 fully saturated rings. The van der Waals surface area contributed by atoms with E-state index < -0.39 is 0 Å². The van der Waals surface area contributed by atoms with Crippen molar-refractivity contribution in [2.24, 2.45) is 0 Å². The molecule has 1 aliphatic rings. The maximum atomic E-state index is 12.3. The fraction of sp³-hybridized carbons (Fsp3) is 0.211. The Morgan fingerprint density at radius 2 is 2.04 bits per heavy atom. The number of carbonyl (C=O) groups excluding carboxylic acids is 1. The molecule has 24 heavy (non-hydrogen) atoms. The van der Waals surface area contributed by atoms with Crippen LogP contribution in [0.15, 0.2) is 47.4 Å². The number of aromatic amines is 1. The number of amides is 1. The summed E-state index contributed by atoms with van der Waals surface area (Å²) in [5, 5.41) is 10.7. The SMILES string of the molecule is Cc1ccc(C(=O)NC2CC2)cc1-c1ccc2c(=O)[nH]ncc2c1. The van der Waals surface area contributed by atoms with Crippen LogP contribution in [-0.2, 0) is 0 Å². The third kappa shape index (κ3) is 2.69. The van der Waals surface area contributed by atoms with Gasteiger partial charge >= 0.3 is 0 Å². The second-order valence-electron chi connectivity index (χ2n) is 6.28. The molecule has 2 aromatic carbocycles. The summed E-state index contributed by atoms with van der Waals surface area (Å²) < 4.78 is 0. The molecule has 1 heterocycles. The number of nitrogens with zero attached hydrogens (tertiary/aromatic N) is 1. The van der Waals surface area contributed by atoms with Gasteiger partial charge < -0.3 is 5.32 Å². The van der Waals surface area contributed by atoms with E-state index in [9.17, 15) is 9.59 Å². The minimum absolute atomic E-state index is 0.0300. The molecule has 0 radical (unpaired) electrons. The van der Waals surface area contributed by atoms with Gasteiger partial charge in [-0.1, -0.05) is 12.1 Å². The highest BCUT2D eigenvalue weighted by molar-refractivity contribution is 5.96. The quantitative estimate of drug-likeness (QED) is 0.779. The van der Waals surface area contributed by atoms with Crippen molar-refractivity contribution >= 4 is 16.7 Å². The van der Waals surface area contributed by atoms with Crippen molar-refractivity contribution in [3.8, 4) is 11.1 Å². The van der Waals surface area contributed by atoms with E-state index >= 15 is 0 Å². The minimum Gasteiger partial charge on any atom is -0.349 e. The Balaban J connectivity index is 1.77. The van der Waals surface area contributed by atoms with E-state index in [-0.39, 0.29) is 11.5 Å². The van der Waals surface area contributed by atoms with E-state index in [0.717, 1.165) is 34.9 Å². The van der Waals surface area contributed by atoms with Crippen LogP contribution < -0.4 is 10.9 Å². The molecule has 1 saturated carbocycles. The normalized spacial score (nSPS) is 13.9. The summed E-state index contributed by atoms with van der Waals surface area (Å²) in [6.45, 7) is 2.01. The van der Waals surface area contributed by atoms with Crippen LogP contribution in [0.2, 0.25) is 0 Å². The predicted octanol–water partition coefficient (Wildman–Crippen LogP) is 2.79. The molecule has 0 spiro atoms. The van der Waals surface area contributed by atoms with Crippen LogP contribution in [0.3, 0.4) is 0 Å². The van der Waals surface area contributed by atoms with Gasteiger partial charge in [-0.25, -0.2) is 5.10 Å². The average Bonchev–Trinajstić information content (AvgIpc) is 3.39. The van der Waals surface area contributed by atoms with Gasteiger partial charge in [0.1, 0.15) is 0 Å². The van der Waals surface area contributed by atoms with Crippen LogP contribution in [0.5, 0.6) is 0 Å². The fourth-order valence-corrected chi connectivity index (χ4v) is 2.84. The number of aryl methyl sites for hydroxylation is 1. The molecule has 1 aromatic heterocycles. The number of benzene rings is 2. The summed E-state index contributed by atoms with van der Waals surface area (Å²) in [6.07, 6.45) is 3.77. The number of nitrogens with one attached hydrogen (secondary N) is 2. The highest BCUT2D eigenvalue weighted by Gasteiger charge is 2.24. The molecular formula is C19H17N3O2. The van der Waals surface area contributed by atoms with E-state index in [0.29, 0.717) is 17.0 Å². The molecule has 2 N–H and O–H groups in total. The van der Waals surface area contributed by atoms with E-state index in [2.05, 4.69) is 15.5 Å². The maximum absolute atomic E-state index is 12.3. The third-order valence-corrected chi connectivity index (χ3v) is 4.39. The largest absolute Gasteiger partial charge is 0.349 e. The first kappa shape index (κ1) is 14.6. The Hall–Kier alpha value is -2.95. The van der Waals surface area contributed by atoms with Crippen molar-refractivity contribution in [1.82, 2.24) is 15.5 Å². The first-order chi connectivity index (χ1) is 11.6. The summed E-state index contributed by atoms with van der Waals surface area (Å²) in [5.41, 5.74) is 3.49. The Kier molecular flexibility index (Phi) is 3.41. The topological polar surface area (TPSA) is 74.8 Å². The van der Waals surface area contributed by atoms with Gasteiger partial charge in [0, 0.05) is 17.0 Å². The van der Waals surface area contributed by atoms with Crippen LogP contribution in [0.1, 0.15) is 28.8 Å². The first-order valence-corrected chi connectivity index (χ1v) is 8.01. The zero-order valence-electron chi connectivity index (χ0n) is 13.3. The summed E-state index contributed by atoms with van der Waals surface area (Å²) in [7, 11) is 0. The highest BCUT2D eigenvalue weighted by atomic mass is 16.1. The minimum atomic E-state index is -0.201. The second kappa shape index (κ2) is 5.60. The summed E-state index contributed by atoms with van der Waals surface area (Å²) in [5.74, 6) is -0.0300. The van der Waals surface area contributed by atoms with Crippen LogP contribution >= 0.6 is 0 Å². The van der Waals surface area contributed by atoms with E-state index in [1.54, 1.807) is 12.3 Å². The number of fused-ring (bicyclic) bond motifs is 1. The first-order valence-electron chi connectivity index (χ1n) is 8.01. The van der Waals surface area contributed by atoms with Crippen molar-refractivity contribution in [1.29, 1.82) is 0 Å². The van der Waals surface area contributed by atoms with Gasteiger partial charge in [0.25, 0.3) is 11.5 Å². The Labute approximate surface area is 138 Å². The van der Waals surface area contributed by atoms with Crippen molar-refractivity contribution in [2.45, 2.75) is 25.8 Å². The van der Waals surface area contributed by atoms with Crippen LogP contribution in [0, 0.1) is 6.92 Å². The van der Waals surface area contributed by atoms with Crippen molar-refractivity contribution in [2.75, 3.05) is 0 Å². The lowest BCUT2D eigenvalue weighted by molar-refractivity contribution is 0.0951. The number of hydrogen-bond donors (Lipinski definition) is 2. The second-order valence-corrected chi connectivity index (χ2v) is 6.28. The fourth-order valence-electron chi connectivity index (χ4n) is 2.84. The van der Waals surface area contributed by atoms with E-state index in [1.165, 1.54) is 0 Å². The molecule has 1 amide bonds. The smallest absolute Gasteiger partial charge is 0.272 e. The van der Waals surface area contributed by atoms with E-state index in [1.807, 2.05) is 37.3 Å². The highest BCUT2D eigenvalue weighted by Crippen LogP contribution is 2.27. The number of rotatable bonds is 3. The Morgan fingerprint density at radius 1 is 1.21 bits per heavy atom. The van der Waals surface area contributed by atoms with Crippen LogP contribution in [0.4, 0.5) is 0 Å². The summed E-state index contributed by atoms with van der Waals surface area (Å²) >= 11 is 0. The molecule has 5 heteroatoms. The molecular weight excluding hydrogens is 302 g/mol. The summed E-state index contributed by atoms with van der Waals surface area (Å²) in [4.78, 5) is 24.1. The van der Waals surface area contributed by atoms with Crippen LogP contribution in [-0.4, -0.2) is 22.1 Å². The molecule has 0 saturated heterocycles. The Bertz CT molecular complexity index is 1000. The lowest BCUT2D eigenvalue weighted by atomic mass is 9.96. The molecule has 120 valence electrons. The van der Waals surface area contributed by atoms with Gasteiger partial charge in [0.15, 0.2) is 0 Å². The molecule has 1 aliphatic carbocycles. The number of carbonyl (C=O) groups is 1. The molecule has 3 aromatic rings. The van der Waals surface area contributed by atoms with Gasteiger partial charge in [-0.3, -0.25) is 9.59 Å². The molecule has 0 bridgehead atoms. The lowest BCUT2D eigenvalue weighted by Crippen LogP contribution is -2.25. The number of aromatic nitrogens is 2. The standard InChI is InChI=1S/C19H17N3O2/c1-11-2-3-13(18(23)21-15-5-6-15)9-17(11)12-4-7-16-14(8-12)10-20-22-19(16)24/h2-4,7-10,15H,5-6H2,1H3,(H,21,23)(H,22,24). The molecule has 0 unspecified atom stereocenters. The Morgan fingerprint density at radius 3 is 2.83 bits per heavy atom. The van der Waals surface area contributed by atoms with Gasteiger partial charge in [-0.15, -0.1) is 0 Å². The molecule has 0 aliphatic heterocycles. The maximum Gasteiger partial charge on any atom is 0.272 e. The average molecular weight is 319 g/mol. The zero-order valence-corrected chi connectivity index (χ0v) is 13.3. The predicted molar refractivity (Wildman–Crippen MR) is 93.0 cm³/mol. The van der Waals surface area contributed by atoms with Crippen molar-refractivity contribution < 1.29 is 4.79 Å². The zero-order chi connectivity index (χ0) is 16.7. The van der Waals surface area contributed by atoms with E-state index in [4.69, 9.17) is 0 Å². The van der Waals surface area contributed by atoms with Crippen molar-refractivity contribution in [3.63, 3.8) is 0 Å². The molecule has 0 atom stereocenters.